The molecule has 1 unspecified atom stereocenters. The van der Waals surface area contributed by atoms with Gasteiger partial charge in [0.1, 0.15) is 12.1 Å². The molecule has 1 atom stereocenters. The molecule has 9 nitrogen and oxygen atoms in total. The van der Waals surface area contributed by atoms with Gasteiger partial charge >= 0.3 is 12.4 Å². The van der Waals surface area contributed by atoms with Crippen LogP contribution in [0, 0.1) is 0 Å². The van der Waals surface area contributed by atoms with E-state index in [1.807, 2.05) is 62.4 Å². The second kappa shape index (κ2) is 12.7. The Morgan fingerprint density at radius 3 is 2.51 bits per heavy atom. The van der Waals surface area contributed by atoms with Gasteiger partial charge in [0.15, 0.2) is 11.0 Å². The topological polar surface area (TPSA) is 102 Å². The van der Waals surface area contributed by atoms with Gasteiger partial charge in [0.2, 0.25) is 5.91 Å². The first kappa shape index (κ1) is 29.8. The monoisotopic (exact) mass is 608 g/mol. The Bertz CT molecular complexity index is 1640. The second-order valence-electron chi connectivity index (χ2n) is 9.66. The van der Waals surface area contributed by atoms with Gasteiger partial charge in [0.25, 0.3) is 0 Å². The van der Waals surface area contributed by atoms with Crippen LogP contribution in [0.4, 0.5) is 23.7 Å². The van der Waals surface area contributed by atoms with Crippen molar-refractivity contribution in [1.29, 1.82) is 0 Å². The Morgan fingerprint density at radius 2 is 1.81 bits per heavy atom. The molecule has 2 heterocycles. The van der Waals surface area contributed by atoms with E-state index >= 15 is 0 Å². The fraction of sp³-hybridized carbons (Fsp3) is 0.233. The minimum atomic E-state index is -4.76. The van der Waals surface area contributed by atoms with Crippen LogP contribution in [0.2, 0.25) is 0 Å². The highest BCUT2D eigenvalue weighted by atomic mass is 32.2. The van der Waals surface area contributed by atoms with E-state index in [4.69, 9.17) is 0 Å². The average Bonchev–Trinajstić information content (AvgIpc) is 3.62. The maximum Gasteiger partial charge on any atom is 0.573 e. The van der Waals surface area contributed by atoms with Crippen LogP contribution >= 0.6 is 11.8 Å². The lowest BCUT2D eigenvalue weighted by molar-refractivity contribution is -0.274. The molecule has 3 amide bonds. The number of aliphatic imine (C=N–C) groups is 1. The van der Waals surface area contributed by atoms with Crippen molar-refractivity contribution in [3.63, 3.8) is 0 Å². The van der Waals surface area contributed by atoms with Crippen LogP contribution in [0.3, 0.4) is 0 Å². The second-order valence-corrected chi connectivity index (χ2v) is 10.6. The van der Waals surface area contributed by atoms with Crippen LogP contribution in [0.5, 0.6) is 5.75 Å². The third-order valence-corrected chi connectivity index (χ3v) is 7.62. The minimum Gasteiger partial charge on any atom is -0.406 e. The maximum atomic E-state index is 12.7. The number of nitrogens with one attached hydrogen (secondary N) is 1. The summed E-state index contributed by atoms with van der Waals surface area (Å²) in [6.45, 7) is 4.31. The SMILES string of the molecule is CCc1ccccc1N1C(=O)CSC1=NC(=O)NCC(C)c1ccc(-c2ncn(-c3ccc(OC(F)(F)F)cc3)n2)cc1. The van der Waals surface area contributed by atoms with Crippen molar-refractivity contribution < 1.29 is 27.5 Å². The van der Waals surface area contributed by atoms with Crippen molar-refractivity contribution >= 4 is 34.6 Å². The smallest absolute Gasteiger partial charge is 0.406 e. The summed E-state index contributed by atoms with van der Waals surface area (Å²) in [6, 6.07) is 19.9. The Labute approximate surface area is 249 Å². The molecule has 4 aromatic rings. The van der Waals surface area contributed by atoms with Crippen molar-refractivity contribution in [3.8, 4) is 22.8 Å². The van der Waals surface area contributed by atoms with Gasteiger partial charge in [-0.3, -0.25) is 9.69 Å². The van der Waals surface area contributed by atoms with Crippen LogP contribution < -0.4 is 15.0 Å². The number of urea groups is 1. The third-order valence-electron chi connectivity index (χ3n) is 6.70. The van der Waals surface area contributed by atoms with E-state index in [1.165, 1.54) is 51.9 Å². The van der Waals surface area contributed by atoms with Crippen molar-refractivity contribution in [2.75, 3.05) is 17.2 Å². The lowest BCUT2D eigenvalue weighted by atomic mass is 10.00. The lowest BCUT2D eigenvalue weighted by Crippen LogP contribution is -2.32. The zero-order valence-electron chi connectivity index (χ0n) is 23.2. The maximum absolute atomic E-state index is 12.7. The number of carbonyl (C=O) groups is 2. The normalized spacial score (nSPS) is 15.1. The number of alkyl halides is 3. The van der Waals surface area contributed by atoms with E-state index < -0.39 is 12.4 Å². The molecule has 1 aliphatic heterocycles. The molecule has 0 aliphatic carbocycles. The number of nitrogens with zero attached hydrogens (tertiary/aromatic N) is 5. The van der Waals surface area contributed by atoms with Crippen LogP contribution in [0.15, 0.2) is 84.1 Å². The highest BCUT2D eigenvalue weighted by Gasteiger charge is 2.32. The predicted molar refractivity (Wildman–Crippen MR) is 158 cm³/mol. The highest BCUT2D eigenvalue weighted by Crippen LogP contribution is 2.30. The van der Waals surface area contributed by atoms with E-state index in [0.29, 0.717) is 23.2 Å². The predicted octanol–water partition coefficient (Wildman–Crippen LogP) is 6.34. The molecule has 13 heteroatoms. The Kier molecular flexibility index (Phi) is 8.81. The number of carbonyl (C=O) groups excluding carboxylic acids is 2. The molecule has 0 bridgehead atoms. The Hall–Kier alpha value is -4.65. The third kappa shape index (κ3) is 7.23. The van der Waals surface area contributed by atoms with Crippen LogP contribution in [0.25, 0.3) is 17.1 Å². The van der Waals surface area contributed by atoms with Gasteiger partial charge in [0.05, 0.1) is 17.1 Å². The van der Waals surface area contributed by atoms with E-state index in [9.17, 15) is 22.8 Å². The summed E-state index contributed by atoms with van der Waals surface area (Å²) in [6.07, 6.45) is -2.54. The number of amides is 3. The van der Waals surface area contributed by atoms with E-state index in [2.05, 4.69) is 25.1 Å². The zero-order chi connectivity index (χ0) is 30.6. The number of halogens is 3. The number of rotatable bonds is 8. The number of ether oxygens (including phenoxy) is 1. The molecule has 0 spiro atoms. The fourth-order valence-electron chi connectivity index (χ4n) is 4.48. The summed E-state index contributed by atoms with van der Waals surface area (Å²) >= 11 is 1.24. The van der Waals surface area contributed by atoms with Gasteiger partial charge in [0, 0.05) is 12.1 Å². The minimum absolute atomic E-state index is 0.0315. The summed E-state index contributed by atoms with van der Waals surface area (Å²) in [7, 11) is 0. The number of anilines is 1. The number of hydrogen-bond donors (Lipinski definition) is 1. The van der Waals surface area contributed by atoms with Crippen molar-refractivity contribution in [2.24, 2.45) is 4.99 Å². The zero-order valence-corrected chi connectivity index (χ0v) is 24.0. The van der Waals surface area contributed by atoms with Gasteiger partial charge in [-0.15, -0.1) is 18.3 Å². The molecule has 3 aromatic carbocycles. The van der Waals surface area contributed by atoms with Crippen LogP contribution in [-0.4, -0.2) is 50.5 Å². The van der Waals surface area contributed by atoms with Gasteiger partial charge in [-0.2, -0.15) is 4.99 Å². The number of benzene rings is 3. The first-order valence-corrected chi connectivity index (χ1v) is 14.4. The Balaban J connectivity index is 1.19. The standard InChI is InChI=1S/C30H27F3N6O3S/c1-3-20-6-4-5-7-25(20)39-26(40)17-43-29(39)36-28(41)34-16-19(2)21-8-10-22(11-9-21)27-35-18-38(37-27)23-12-14-24(15-13-23)42-30(31,32)33/h4-15,18-19H,3,16-17H2,1-2H3,(H,34,41). The summed E-state index contributed by atoms with van der Waals surface area (Å²) < 4.78 is 42.6. The molecule has 0 radical (unpaired) electrons. The molecular weight excluding hydrogens is 581 g/mol. The van der Waals surface area contributed by atoms with E-state index in [1.54, 1.807) is 0 Å². The number of aromatic nitrogens is 3. The fourth-order valence-corrected chi connectivity index (χ4v) is 5.33. The number of para-hydroxylation sites is 1. The average molecular weight is 609 g/mol. The van der Waals surface area contributed by atoms with Crippen molar-refractivity contribution in [2.45, 2.75) is 32.5 Å². The molecule has 1 fully saturated rings. The van der Waals surface area contributed by atoms with E-state index in [-0.39, 0.29) is 23.3 Å². The molecule has 43 heavy (non-hydrogen) atoms. The van der Waals surface area contributed by atoms with Crippen molar-refractivity contribution in [1.82, 2.24) is 20.1 Å². The van der Waals surface area contributed by atoms with Gasteiger partial charge in [-0.05, 0) is 53.8 Å². The molecule has 222 valence electrons. The van der Waals surface area contributed by atoms with Crippen LogP contribution in [0.1, 0.15) is 30.9 Å². The molecule has 0 saturated carbocycles. The highest BCUT2D eigenvalue weighted by molar-refractivity contribution is 8.15. The number of hydrogen-bond acceptors (Lipinski definition) is 6. The van der Waals surface area contributed by atoms with Gasteiger partial charge < -0.3 is 10.1 Å². The molecule has 5 rings (SSSR count). The Morgan fingerprint density at radius 1 is 1.09 bits per heavy atom. The molecular formula is C30H27F3N6O3S. The lowest BCUT2D eigenvalue weighted by Gasteiger charge is -2.19. The number of thioether (sulfide) groups is 1. The quantitative estimate of drug-likeness (QED) is 0.250. The summed E-state index contributed by atoms with van der Waals surface area (Å²) in [5.41, 5.74) is 3.99. The molecule has 1 aliphatic rings. The summed E-state index contributed by atoms with van der Waals surface area (Å²) in [5, 5.41) is 7.61. The van der Waals surface area contributed by atoms with Gasteiger partial charge in [-0.1, -0.05) is 68.1 Å². The van der Waals surface area contributed by atoms with E-state index in [0.717, 1.165) is 28.8 Å². The summed E-state index contributed by atoms with van der Waals surface area (Å²) in [4.78, 5) is 35.3. The van der Waals surface area contributed by atoms with Gasteiger partial charge in [-0.25, -0.2) is 14.5 Å². The summed E-state index contributed by atoms with van der Waals surface area (Å²) in [5.74, 6) is 0.201. The molecule has 1 aromatic heterocycles. The first-order chi connectivity index (χ1) is 20.6. The molecule has 1 saturated heterocycles. The largest absolute Gasteiger partial charge is 0.573 e. The number of aryl methyl sites for hydroxylation is 1. The first-order valence-electron chi connectivity index (χ1n) is 13.4. The molecule has 1 N–H and O–H groups in total. The number of amidine groups is 1. The van der Waals surface area contributed by atoms with Crippen LogP contribution in [-0.2, 0) is 11.2 Å². The van der Waals surface area contributed by atoms with Crippen molar-refractivity contribution in [3.05, 3.63) is 90.3 Å².